The van der Waals surface area contributed by atoms with E-state index in [2.05, 4.69) is 44.0 Å². The van der Waals surface area contributed by atoms with Gasteiger partial charge in [0.2, 0.25) is 0 Å². The third-order valence-corrected chi connectivity index (χ3v) is 5.75. The maximum absolute atomic E-state index is 6.00. The Kier molecular flexibility index (Phi) is 7.47. The standard InChI is InChI=1S/C20H32N2OS/c1-4-8-16(5-2)9-7-13-23-18-11-6-10-17(15-18)20(3)12-14-24-19(21)22-20/h6,10-11,15-16H,4-5,7-9,12-14H2,1-3H3,(H2,21,22). The number of thioether (sulfide) groups is 1. The van der Waals surface area contributed by atoms with E-state index in [4.69, 9.17) is 10.5 Å². The van der Waals surface area contributed by atoms with Crippen molar-refractivity contribution >= 4 is 16.9 Å². The zero-order valence-electron chi connectivity index (χ0n) is 15.4. The Morgan fingerprint density at radius 1 is 1.33 bits per heavy atom. The molecule has 0 spiro atoms. The molecule has 2 unspecified atom stereocenters. The Morgan fingerprint density at radius 3 is 2.88 bits per heavy atom. The lowest BCUT2D eigenvalue weighted by molar-refractivity contribution is 0.285. The van der Waals surface area contributed by atoms with Crippen LogP contribution in [0.1, 0.15) is 64.9 Å². The van der Waals surface area contributed by atoms with Crippen LogP contribution in [0.15, 0.2) is 29.3 Å². The zero-order chi connectivity index (χ0) is 17.4. The van der Waals surface area contributed by atoms with Gasteiger partial charge in [0.15, 0.2) is 5.17 Å². The van der Waals surface area contributed by atoms with Crippen LogP contribution in [0.3, 0.4) is 0 Å². The van der Waals surface area contributed by atoms with Crippen molar-refractivity contribution in [3.05, 3.63) is 29.8 Å². The Hall–Kier alpha value is -1.16. The lowest BCUT2D eigenvalue weighted by atomic mass is 9.90. The Morgan fingerprint density at radius 2 is 2.17 bits per heavy atom. The van der Waals surface area contributed by atoms with Crippen LogP contribution in [0.4, 0.5) is 0 Å². The number of aliphatic imine (C=N–C) groups is 1. The molecule has 4 heteroatoms. The second-order valence-corrected chi connectivity index (χ2v) is 8.02. The number of benzene rings is 1. The summed E-state index contributed by atoms with van der Waals surface area (Å²) in [7, 11) is 0. The summed E-state index contributed by atoms with van der Waals surface area (Å²) in [5.74, 6) is 2.82. The quantitative estimate of drug-likeness (QED) is 0.613. The highest BCUT2D eigenvalue weighted by Crippen LogP contribution is 2.36. The monoisotopic (exact) mass is 348 g/mol. The minimum absolute atomic E-state index is 0.219. The first kappa shape index (κ1) is 19.2. The van der Waals surface area contributed by atoms with Gasteiger partial charge >= 0.3 is 0 Å². The summed E-state index contributed by atoms with van der Waals surface area (Å²) in [6.07, 6.45) is 7.29. The molecule has 1 heterocycles. The van der Waals surface area contributed by atoms with Gasteiger partial charge in [0.25, 0.3) is 0 Å². The third kappa shape index (κ3) is 5.44. The molecule has 0 saturated heterocycles. The Balaban J connectivity index is 1.90. The predicted octanol–water partition coefficient (Wildman–Crippen LogP) is 5.34. The number of amidine groups is 1. The first-order valence-corrected chi connectivity index (χ1v) is 10.3. The van der Waals surface area contributed by atoms with Crippen LogP contribution in [-0.4, -0.2) is 17.5 Å². The molecule has 1 aliphatic heterocycles. The molecular formula is C20H32N2OS. The fourth-order valence-electron chi connectivity index (χ4n) is 3.34. The van der Waals surface area contributed by atoms with Crippen molar-refractivity contribution in [3.8, 4) is 5.75 Å². The number of hydrogen-bond donors (Lipinski definition) is 1. The van der Waals surface area contributed by atoms with E-state index in [-0.39, 0.29) is 5.54 Å². The van der Waals surface area contributed by atoms with E-state index in [1.807, 2.05) is 6.07 Å². The highest BCUT2D eigenvalue weighted by atomic mass is 32.2. The average molecular weight is 349 g/mol. The van der Waals surface area contributed by atoms with E-state index < -0.39 is 0 Å². The maximum Gasteiger partial charge on any atom is 0.154 e. The van der Waals surface area contributed by atoms with Gasteiger partial charge in [-0.1, -0.05) is 57.0 Å². The van der Waals surface area contributed by atoms with Gasteiger partial charge in [-0.05, 0) is 49.8 Å². The van der Waals surface area contributed by atoms with Crippen LogP contribution >= 0.6 is 11.8 Å². The number of nitrogens with zero attached hydrogens (tertiary/aromatic N) is 1. The van der Waals surface area contributed by atoms with Gasteiger partial charge in [0.1, 0.15) is 5.75 Å². The van der Waals surface area contributed by atoms with Gasteiger partial charge in [-0.2, -0.15) is 0 Å². The first-order chi connectivity index (χ1) is 11.6. The lowest BCUT2D eigenvalue weighted by Crippen LogP contribution is -2.28. The maximum atomic E-state index is 6.00. The fourth-order valence-corrected chi connectivity index (χ4v) is 4.31. The molecule has 2 rings (SSSR count). The van der Waals surface area contributed by atoms with Crippen molar-refractivity contribution in [1.29, 1.82) is 0 Å². The molecular weight excluding hydrogens is 316 g/mol. The van der Waals surface area contributed by atoms with Gasteiger partial charge < -0.3 is 10.5 Å². The van der Waals surface area contributed by atoms with Gasteiger partial charge in [0.05, 0.1) is 12.1 Å². The van der Waals surface area contributed by atoms with E-state index in [1.165, 1.54) is 31.2 Å². The first-order valence-electron chi connectivity index (χ1n) is 9.29. The molecule has 2 atom stereocenters. The summed E-state index contributed by atoms with van der Waals surface area (Å²) in [6, 6.07) is 8.38. The molecule has 0 amide bonds. The van der Waals surface area contributed by atoms with Crippen LogP contribution in [0.25, 0.3) is 0 Å². The van der Waals surface area contributed by atoms with Crippen molar-refractivity contribution in [2.75, 3.05) is 12.4 Å². The molecule has 1 aliphatic rings. The summed E-state index contributed by atoms with van der Waals surface area (Å²) in [5.41, 5.74) is 6.91. The van der Waals surface area contributed by atoms with Gasteiger partial charge in [-0.15, -0.1) is 0 Å². The minimum atomic E-state index is -0.219. The topological polar surface area (TPSA) is 47.6 Å². The Labute approximate surface area is 151 Å². The van der Waals surface area contributed by atoms with Crippen molar-refractivity contribution in [2.45, 2.75) is 64.8 Å². The van der Waals surface area contributed by atoms with Gasteiger partial charge in [-0.25, -0.2) is 0 Å². The average Bonchev–Trinajstić information content (AvgIpc) is 2.58. The van der Waals surface area contributed by atoms with Crippen LogP contribution in [-0.2, 0) is 5.54 Å². The largest absolute Gasteiger partial charge is 0.494 e. The number of nitrogens with two attached hydrogens (primary N) is 1. The molecule has 2 N–H and O–H groups in total. The van der Waals surface area contributed by atoms with Crippen molar-refractivity contribution in [3.63, 3.8) is 0 Å². The van der Waals surface area contributed by atoms with Crippen LogP contribution in [0, 0.1) is 5.92 Å². The van der Waals surface area contributed by atoms with Crippen molar-refractivity contribution < 1.29 is 4.74 Å². The molecule has 0 saturated carbocycles. The third-order valence-electron chi connectivity index (χ3n) is 4.95. The smallest absolute Gasteiger partial charge is 0.154 e. The second kappa shape index (κ2) is 9.36. The van der Waals surface area contributed by atoms with E-state index in [0.29, 0.717) is 5.17 Å². The number of rotatable bonds is 9. The Bertz CT molecular complexity index is 546. The molecule has 0 radical (unpaired) electrons. The molecule has 0 bridgehead atoms. The highest BCUT2D eigenvalue weighted by Gasteiger charge is 2.29. The zero-order valence-corrected chi connectivity index (χ0v) is 16.2. The van der Waals surface area contributed by atoms with Crippen molar-refractivity contribution in [1.82, 2.24) is 0 Å². The normalized spacial score (nSPS) is 22.0. The van der Waals surface area contributed by atoms with Gasteiger partial charge in [0, 0.05) is 5.75 Å². The minimum Gasteiger partial charge on any atom is -0.494 e. The van der Waals surface area contributed by atoms with Crippen LogP contribution < -0.4 is 10.5 Å². The molecule has 134 valence electrons. The van der Waals surface area contributed by atoms with Gasteiger partial charge in [-0.3, -0.25) is 4.99 Å². The number of hydrogen-bond acceptors (Lipinski definition) is 4. The van der Waals surface area contributed by atoms with E-state index >= 15 is 0 Å². The summed E-state index contributed by atoms with van der Waals surface area (Å²) < 4.78 is 6.00. The molecule has 1 aromatic carbocycles. The predicted molar refractivity (Wildman–Crippen MR) is 106 cm³/mol. The van der Waals surface area contributed by atoms with E-state index in [9.17, 15) is 0 Å². The summed E-state index contributed by atoms with van der Waals surface area (Å²) in [4.78, 5) is 4.68. The fraction of sp³-hybridized carbons (Fsp3) is 0.650. The van der Waals surface area contributed by atoms with E-state index in [1.54, 1.807) is 11.8 Å². The lowest BCUT2D eigenvalue weighted by Gasteiger charge is -2.30. The number of ether oxygens (including phenoxy) is 1. The highest BCUT2D eigenvalue weighted by molar-refractivity contribution is 8.13. The summed E-state index contributed by atoms with van der Waals surface area (Å²) in [6.45, 7) is 7.52. The molecule has 0 fully saturated rings. The molecule has 24 heavy (non-hydrogen) atoms. The van der Waals surface area contributed by atoms with E-state index in [0.717, 1.165) is 36.9 Å². The van der Waals surface area contributed by atoms with Crippen molar-refractivity contribution in [2.24, 2.45) is 16.6 Å². The molecule has 1 aromatic rings. The molecule has 3 nitrogen and oxygen atoms in total. The second-order valence-electron chi connectivity index (χ2n) is 6.90. The molecule has 0 aromatic heterocycles. The summed E-state index contributed by atoms with van der Waals surface area (Å²) in [5, 5.41) is 0.691. The van der Waals surface area contributed by atoms with Crippen LogP contribution in [0.2, 0.25) is 0 Å². The molecule has 0 aliphatic carbocycles. The van der Waals surface area contributed by atoms with Crippen LogP contribution in [0.5, 0.6) is 5.75 Å². The summed E-state index contributed by atoms with van der Waals surface area (Å²) >= 11 is 1.64. The SMILES string of the molecule is CCCC(CC)CCCOc1cccc(C2(C)CCSC(N)=N2)c1.